The minimum atomic E-state index is -4.03. The highest BCUT2D eigenvalue weighted by molar-refractivity contribution is 7.90. The summed E-state index contributed by atoms with van der Waals surface area (Å²) in [6.07, 6.45) is 0. The SMILES string of the molecule is Nc1ccc(S(=O)(=O)Cc2cccc(Cl)c2F)c(F)c1. The fourth-order valence-electron chi connectivity index (χ4n) is 1.71. The molecule has 0 atom stereocenters. The molecule has 106 valence electrons. The zero-order valence-corrected chi connectivity index (χ0v) is 11.7. The number of rotatable bonds is 3. The van der Waals surface area contributed by atoms with E-state index in [9.17, 15) is 17.2 Å². The third kappa shape index (κ3) is 2.91. The van der Waals surface area contributed by atoms with E-state index >= 15 is 0 Å². The fourth-order valence-corrected chi connectivity index (χ4v) is 3.33. The molecule has 0 unspecified atom stereocenters. The van der Waals surface area contributed by atoms with Crippen LogP contribution >= 0.6 is 11.6 Å². The van der Waals surface area contributed by atoms with Gasteiger partial charge in [0.2, 0.25) is 0 Å². The molecule has 3 nitrogen and oxygen atoms in total. The molecular formula is C13H10ClF2NO2S. The van der Waals surface area contributed by atoms with E-state index in [2.05, 4.69) is 0 Å². The predicted molar refractivity (Wildman–Crippen MR) is 73.1 cm³/mol. The predicted octanol–water partition coefficient (Wildman–Crippen LogP) is 3.17. The molecule has 0 fully saturated rings. The lowest BCUT2D eigenvalue weighted by Gasteiger charge is -2.08. The Balaban J connectivity index is 2.44. The lowest BCUT2D eigenvalue weighted by molar-refractivity contribution is 0.563. The van der Waals surface area contributed by atoms with Crippen molar-refractivity contribution in [2.24, 2.45) is 0 Å². The molecule has 0 radical (unpaired) electrons. The highest BCUT2D eigenvalue weighted by Gasteiger charge is 2.22. The van der Waals surface area contributed by atoms with Crippen LogP contribution in [0.2, 0.25) is 5.02 Å². The average molecular weight is 318 g/mol. The number of nitrogens with two attached hydrogens (primary N) is 1. The van der Waals surface area contributed by atoms with Crippen LogP contribution in [0.5, 0.6) is 0 Å². The topological polar surface area (TPSA) is 60.2 Å². The first kappa shape index (κ1) is 14.7. The smallest absolute Gasteiger partial charge is 0.185 e. The van der Waals surface area contributed by atoms with Gasteiger partial charge in [0.15, 0.2) is 9.84 Å². The van der Waals surface area contributed by atoms with Gasteiger partial charge in [-0.25, -0.2) is 17.2 Å². The molecule has 0 aliphatic carbocycles. The highest BCUT2D eigenvalue weighted by Crippen LogP contribution is 2.25. The fraction of sp³-hybridized carbons (Fsp3) is 0.0769. The number of benzene rings is 2. The van der Waals surface area contributed by atoms with Gasteiger partial charge >= 0.3 is 0 Å². The maximum Gasteiger partial charge on any atom is 0.185 e. The van der Waals surface area contributed by atoms with E-state index in [0.29, 0.717) is 0 Å². The van der Waals surface area contributed by atoms with Crippen molar-refractivity contribution in [1.82, 2.24) is 0 Å². The molecule has 7 heteroatoms. The molecule has 0 bridgehead atoms. The Morgan fingerprint density at radius 1 is 1.15 bits per heavy atom. The zero-order chi connectivity index (χ0) is 14.9. The van der Waals surface area contributed by atoms with Crippen molar-refractivity contribution in [3.63, 3.8) is 0 Å². The summed E-state index contributed by atoms with van der Waals surface area (Å²) in [4.78, 5) is -0.522. The lowest BCUT2D eigenvalue weighted by Crippen LogP contribution is -2.09. The maximum absolute atomic E-state index is 13.7. The monoisotopic (exact) mass is 317 g/mol. The number of anilines is 1. The van der Waals surface area contributed by atoms with Gasteiger partial charge in [0.25, 0.3) is 0 Å². The van der Waals surface area contributed by atoms with E-state index in [-0.39, 0.29) is 16.3 Å². The number of sulfone groups is 1. The molecule has 2 aromatic carbocycles. The first-order chi connectivity index (χ1) is 9.31. The van der Waals surface area contributed by atoms with E-state index in [1.807, 2.05) is 0 Å². The van der Waals surface area contributed by atoms with Crippen molar-refractivity contribution < 1.29 is 17.2 Å². The Bertz CT molecular complexity index is 763. The van der Waals surface area contributed by atoms with Gasteiger partial charge in [0.05, 0.1) is 10.8 Å². The third-order valence-corrected chi connectivity index (χ3v) is 4.65. The van der Waals surface area contributed by atoms with Gasteiger partial charge in [-0.15, -0.1) is 0 Å². The van der Waals surface area contributed by atoms with E-state index in [1.165, 1.54) is 24.3 Å². The Kier molecular flexibility index (Phi) is 3.96. The lowest BCUT2D eigenvalue weighted by atomic mass is 10.2. The van der Waals surface area contributed by atoms with Gasteiger partial charge in [-0.1, -0.05) is 23.7 Å². The van der Waals surface area contributed by atoms with Gasteiger partial charge in [-0.05, 0) is 24.3 Å². The Labute approximate surface area is 119 Å². The second-order valence-electron chi connectivity index (χ2n) is 4.16. The molecule has 0 amide bonds. The summed E-state index contributed by atoms with van der Waals surface area (Å²) in [5.74, 6) is -2.47. The summed E-state index contributed by atoms with van der Waals surface area (Å²) in [7, 11) is -4.03. The second-order valence-corrected chi connectivity index (χ2v) is 6.53. The van der Waals surface area contributed by atoms with Gasteiger partial charge in [-0.3, -0.25) is 0 Å². The Hall–Kier alpha value is -1.66. The van der Waals surface area contributed by atoms with Crippen LogP contribution in [0, 0.1) is 11.6 Å². The normalized spacial score (nSPS) is 11.6. The van der Waals surface area contributed by atoms with Crippen molar-refractivity contribution in [3.8, 4) is 0 Å². The summed E-state index contributed by atoms with van der Waals surface area (Å²) in [6, 6.07) is 7.24. The van der Waals surface area contributed by atoms with E-state index < -0.39 is 32.1 Å². The first-order valence-electron chi connectivity index (χ1n) is 5.52. The van der Waals surface area contributed by atoms with Crippen LogP contribution < -0.4 is 5.73 Å². The van der Waals surface area contributed by atoms with Gasteiger partial charge < -0.3 is 5.73 Å². The van der Waals surface area contributed by atoms with Crippen LogP contribution in [0.4, 0.5) is 14.5 Å². The number of nitrogen functional groups attached to an aromatic ring is 1. The van der Waals surface area contributed by atoms with Crippen LogP contribution in [0.3, 0.4) is 0 Å². The largest absolute Gasteiger partial charge is 0.399 e. The molecule has 0 spiro atoms. The number of hydrogen-bond acceptors (Lipinski definition) is 3. The minimum absolute atomic E-state index is 0.107. The van der Waals surface area contributed by atoms with Crippen molar-refractivity contribution in [1.29, 1.82) is 0 Å². The van der Waals surface area contributed by atoms with Gasteiger partial charge in [0.1, 0.15) is 16.5 Å². The van der Waals surface area contributed by atoms with Gasteiger partial charge in [-0.2, -0.15) is 0 Å². The molecule has 2 aromatic rings. The quantitative estimate of drug-likeness (QED) is 0.884. The molecule has 0 aromatic heterocycles. The Morgan fingerprint density at radius 2 is 1.85 bits per heavy atom. The Morgan fingerprint density at radius 3 is 2.50 bits per heavy atom. The molecule has 0 saturated carbocycles. The highest BCUT2D eigenvalue weighted by atomic mass is 35.5. The maximum atomic E-state index is 13.7. The molecule has 2 rings (SSSR count). The van der Waals surface area contributed by atoms with Crippen molar-refractivity contribution in [3.05, 3.63) is 58.6 Å². The third-order valence-electron chi connectivity index (χ3n) is 2.67. The first-order valence-corrected chi connectivity index (χ1v) is 7.55. The molecule has 0 aliphatic rings. The average Bonchev–Trinajstić information content (AvgIpc) is 2.34. The molecule has 0 saturated heterocycles. The molecule has 0 aliphatic heterocycles. The van der Waals surface area contributed by atoms with Crippen molar-refractivity contribution in [2.45, 2.75) is 10.6 Å². The zero-order valence-electron chi connectivity index (χ0n) is 10.1. The number of hydrogen-bond donors (Lipinski definition) is 1. The van der Waals surface area contributed by atoms with Crippen molar-refractivity contribution >= 4 is 27.1 Å². The molecular weight excluding hydrogens is 308 g/mol. The van der Waals surface area contributed by atoms with Crippen LogP contribution in [-0.2, 0) is 15.6 Å². The molecule has 0 heterocycles. The summed E-state index contributed by atoms with van der Waals surface area (Å²) in [5.41, 5.74) is 5.34. The van der Waals surface area contributed by atoms with Crippen LogP contribution in [0.1, 0.15) is 5.56 Å². The summed E-state index contributed by atoms with van der Waals surface area (Å²) in [5, 5.41) is -0.185. The van der Waals surface area contributed by atoms with Crippen LogP contribution in [-0.4, -0.2) is 8.42 Å². The molecule has 20 heavy (non-hydrogen) atoms. The second kappa shape index (κ2) is 5.38. The summed E-state index contributed by atoms with van der Waals surface area (Å²) in [6.45, 7) is 0. The summed E-state index contributed by atoms with van der Waals surface area (Å²) >= 11 is 5.58. The van der Waals surface area contributed by atoms with Gasteiger partial charge in [0, 0.05) is 11.3 Å². The summed E-state index contributed by atoms with van der Waals surface area (Å²) < 4.78 is 51.6. The molecule has 2 N–H and O–H groups in total. The van der Waals surface area contributed by atoms with Crippen LogP contribution in [0.15, 0.2) is 41.3 Å². The van der Waals surface area contributed by atoms with E-state index in [1.54, 1.807) is 0 Å². The minimum Gasteiger partial charge on any atom is -0.399 e. The van der Waals surface area contributed by atoms with Crippen molar-refractivity contribution in [2.75, 3.05) is 5.73 Å². The number of halogens is 3. The van der Waals surface area contributed by atoms with Crippen LogP contribution in [0.25, 0.3) is 0 Å². The van der Waals surface area contributed by atoms with E-state index in [0.717, 1.165) is 12.1 Å². The van der Waals surface area contributed by atoms with E-state index in [4.69, 9.17) is 17.3 Å². The standard InChI is InChI=1S/C13H10ClF2NO2S/c14-10-3-1-2-8(13(10)16)7-20(18,19)12-5-4-9(17)6-11(12)15/h1-6H,7,17H2.